The van der Waals surface area contributed by atoms with E-state index in [9.17, 15) is 9.59 Å². The first-order chi connectivity index (χ1) is 15.6. The van der Waals surface area contributed by atoms with Crippen LogP contribution in [0.15, 0.2) is 79.0 Å². The van der Waals surface area contributed by atoms with Gasteiger partial charge in [-0.2, -0.15) is 0 Å². The van der Waals surface area contributed by atoms with Crippen molar-refractivity contribution in [2.45, 2.75) is 19.4 Å². The summed E-state index contributed by atoms with van der Waals surface area (Å²) in [5, 5.41) is 6.90. The largest absolute Gasteiger partial charge is 0.360 e. The predicted molar refractivity (Wildman–Crippen MR) is 128 cm³/mol. The van der Waals surface area contributed by atoms with E-state index in [1.807, 2.05) is 36.4 Å². The summed E-state index contributed by atoms with van der Waals surface area (Å²) in [5.41, 5.74) is 5.32. The normalized spacial score (nSPS) is 11.9. The highest BCUT2D eigenvalue weighted by molar-refractivity contribution is 6.11. The van der Waals surface area contributed by atoms with Crippen molar-refractivity contribution in [3.05, 3.63) is 107 Å². The van der Waals surface area contributed by atoms with Crippen LogP contribution in [-0.2, 0) is 6.42 Å². The van der Waals surface area contributed by atoms with Gasteiger partial charge in [0.2, 0.25) is 0 Å². The predicted octanol–water partition coefficient (Wildman–Crippen LogP) is 4.59. The third-order valence-corrected chi connectivity index (χ3v) is 5.71. The Morgan fingerprint density at radius 3 is 2.44 bits per heavy atom. The molecule has 0 aliphatic carbocycles. The lowest BCUT2D eigenvalue weighted by molar-refractivity contribution is 0.0942. The topological polar surface area (TPSA) is 74.0 Å². The molecule has 0 saturated heterocycles. The lowest BCUT2D eigenvalue weighted by Gasteiger charge is -2.18. The molecule has 3 N–H and O–H groups in total. The first-order valence-corrected chi connectivity index (χ1v) is 10.8. The van der Waals surface area contributed by atoms with Gasteiger partial charge in [-0.15, -0.1) is 0 Å². The van der Waals surface area contributed by atoms with E-state index in [1.54, 1.807) is 25.4 Å². The molecule has 3 aromatic carbocycles. The Hall–Kier alpha value is -3.70. The highest BCUT2D eigenvalue weighted by Crippen LogP contribution is 2.26. The van der Waals surface area contributed by atoms with E-state index < -0.39 is 6.04 Å². The van der Waals surface area contributed by atoms with Crippen molar-refractivity contribution >= 4 is 22.6 Å². The maximum absolute atomic E-state index is 13.6. The second-order valence-corrected chi connectivity index (χ2v) is 7.94. The van der Waals surface area contributed by atoms with E-state index in [2.05, 4.69) is 46.8 Å². The van der Waals surface area contributed by atoms with Crippen LogP contribution in [0.4, 0.5) is 0 Å². The van der Waals surface area contributed by atoms with Crippen molar-refractivity contribution in [1.29, 1.82) is 0 Å². The number of aromatic amines is 1. The van der Waals surface area contributed by atoms with Crippen molar-refractivity contribution in [3.63, 3.8) is 0 Å². The Bertz CT molecular complexity index is 1230. The number of carbonyl (C=O) groups is 2. The number of fused-ring (bicyclic) bond motifs is 1. The second kappa shape index (κ2) is 9.62. The molecule has 32 heavy (non-hydrogen) atoms. The number of ketones is 1. The molecule has 5 heteroatoms. The summed E-state index contributed by atoms with van der Waals surface area (Å²) in [6.45, 7) is 2.75. The molecule has 1 aromatic heterocycles. The zero-order valence-electron chi connectivity index (χ0n) is 18.3. The summed E-state index contributed by atoms with van der Waals surface area (Å²) in [6, 6.07) is 23.1. The lowest BCUT2D eigenvalue weighted by Crippen LogP contribution is -2.30. The highest BCUT2D eigenvalue weighted by atomic mass is 16.1. The van der Waals surface area contributed by atoms with Crippen LogP contribution in [0.2, 0.25) is 0 Å². The minimum Gasteiger partial charge on any atom is -0.360 e. The minimum absolute atomic E-state index is 0.000880. The maximum Gasteiger partial charge on any atom is 0.251 e. The summed E-state index contributed by atoms with van der Waals surface area (Å²) in [5.74, 6) is -0.159. The van der Waals surface area contributed by atoms with Gasteiger partial charge in [0, 0.05) is 41.8 Å². The number of benzene rings is 3. The zero-order valence-corrected chi connectivity index (χ0v) is 18.3. The third kappa shape index (κ3) is 4.63. The van der Waals surface area contributed by atoms with Crippen molar-refractivity contribution in [3.8, 4) is 0 Å². The molecule has 0 fully saturated rings. The van der Waals surface area contributed by atoms with Crippen molar-refractivity contribution in [2.75, 3.05) is 13.6 Å². The molecule has 1 atom stereocenters. The van der Waals surface area contributed by atoms with Crippen LogP contribution in [0.25, 0.3) is 10.9 Å². The van der Waals surface area contributed by atoms with E-state index in [4.69, 9.17) is 0 Å². The van der Waals surface area contributed by atoms with Crippen LogP contribution < -0.4 is 10.6 Å². The van der Waals surface area contributed by atoms with Crippen LogP contribution >= 0.6 is 0 Å². The molecule has 0 spiro atoms. The Kier molecular flexibility index (Phi) is 6.47. The number of aryl methyl sites for hydroxylation is 1. The third-order valence-electron chi connectivity index (χ3n) is 5.71. The van der Waals surface area contributed by atoms with E-state index >= 15 is 0 Å². The van der Waals surface area contributed by atoms with Gasteiger partial charge in [-0.05, 0) is 36.6 Å². The summed E-state index contributed by atoms with van der Waals surface area (Å²) in [6.07, 6.45) is 2.57. The van der Waals surface area contributed by atoms with Gasteiger partial charge < -0.3 is 15.6 Å². The van der Waals surface area contributed by atoms with Crippen molar-refractivity contribution < 1.29 is 9.59 Å². The smallest absolute Gasteiger partial charge is 0.251 e. The number of hydrogen-bond donors (Lipinski definition) is 3. The van der Waals surface area contributed by atoms with Crippen molar-refractivity contribution in [2.24, 2.45) is 0 Å². The highest BCUT2D eigenvalue weighted by Gasteiger charge is 2.24. The van der Waals surface area contributed by atoms with E-state index in [0.29, 0.717) is 17.7 Å². The van der Waals surface area contributed by atoms with Crippen LogP contribution in [0, 0.1) is 6.92 Å². The molecule has 5 nitrogen and oxygen atoms in total. The number of amides is 1. The Morgan fingerprint density at radius 2 is 1.72 bits per heavy atom. The average molecular weight is 426 g/mol. The number of hydrogen-bond acceptors (Lipinski definition) is 3. The molecule has 0 saturated carbocycles. The number of carbonyl (C=O) groups excluding carboxylic acids is 2. The van der Waals surface area contributed by atoms with Crippen LogP contribution in [0.1, 0.15) is 43.4 Å². The standard InChI is InChI=1S/C27H27N3O2/c1-18-8-10-19(11-9-18)14-15-29-25(20-6-4-3-5-7-20)26(31)23-17-30-24-16-21(27(32)28-2)12-13-22(23)24/h3-13,16-17,25,29-30H,14-15H2,1-2H3,(H,28,32)/t25-/m1/s1. The monoisotopic (exact) mass is 425 g/mol. The SMILES string of the molecule is CNC(=O)c1ccc2c(C(=O)[C@H](NCCc3ccc(C)cc3)c3ccccc3)c[nH]c2c1. The number of rotatable bonds is 8. The van der Waals surface area contributed by atoms with Gasteiger partial charge in [0.15, 0.2) is 5.78 Å². The van der Waals surface area contributed by atoms with Gasteiger partial charge in [0.05, 0.1) is 6.04 Å². The van der Waals surface area contributed by atoms with Crippen LogP contribution in [0.3, 0.4) is 0 Å². The van der Waals surface area contributed by atoms with Crippen molar-refractivity contribution in [1.82, 2.24) is 15.6 Å². The first kappa shape index (κ1) is 21.5. The summed E-state index contributed by atoms with van der Waals surface area (Å²) >= 11 is 0. The Labute approximate surface area is 187 Å². The number of H-pyrrole nitrogens is 1. The van der Waals surface area contributed by atoms with E-state index in [-0.39, 0.29) is 11.7 Å². The zero-order chi connectivity index (χ0) is 22.5. The Morgan fingerprint density at radius 1 is 0.969 bits per heavy atom. The molecule has 0 bridgehead atoms. The molecular weight excluding hydrogens is 398 g/mol. The fourth-order valence-corrected chi connectivity index (χ4v) is 3.89. The minimum atomic E-state index is -0.459. The summed E-state index contributed by atoms with van der Waals surface area (Å²) < 4.78 is 0. The fourth-order valence-electron chi connectivity index (χ4n) is 3.89. The van der Waals surface area contributed by atoms with Crippen LogP contribution in [-0.4, -0.2) is 30.3 Å². The van der Waals surface area contributed by atoms with E-state index in [0.717, 1.165) is 22.9 Å². The lowest BCUT2D eigenvalue weighted by atomic mass is 9.96. The van der Waals surface area contributed by atoms with Crippen LogP contribution in [0.5, 0.6) is 0 Å². The average Bonchev–Trinajstić information content (AvgIpc) is 3.26. The molecule has 162 valence electrons. The Balaban J connectivity index is 1.58. The van der Waals surface area contributed by atoms with Gasteiger partial charge in [-0.1, -0.05) is 66.2 Å². The number of Topliss-reactive ketones (excluding diaryl/α,β-unsaturated/α-hetero) is 1. The maximum atomic E-state index is 13.6. The summed E-state index contributed by atoms with van der Waals surface area (Å²) in [7, 11) is 1.60. The number of aromatic nitrogens is 1. The van der Waals surface area contributed by atoms with E-state index in [1.165, 1.54) is 11.1 Å². The summed E-state index contributed by atoms with van der Waals surface area (Å²) in [4.78, 5) is 28.7. The first-order valence-electron chi connectivity index (χ1n) is 10.8. The van der Waals surface area contributed by atoms with Gasteiger partial charge in [-0.3, -0.25) is 9.59 Å². The van der Waals surface area contributed by atoms with Gasteiger partial charge in [0.25, 0.3) is 5.91 Å². The molecule has 0 aliphatic rings. The molecule has 0 unspecified atom stereocenters. The fraction of sp³-hybridized carbons (Fsp3) is 0.185. The molecular formula is C27H27N3O2. The molecule has 1 heterocycles. The second-order valence-electron chi connectivity index (χ2n) is 7.94. The van der Waals surface area contributed by atoms with Gasteiger partial charge in [-0.25, -0.2) is 0 Å². The molecule has 1 amide bonds. The molecule has 4 rings (SSSR count). The van der Waals surface area contributed by atoms with Gasteiger partial charge in [0.1, 0.15) is 0 Å². The molecule has 4 aromatic rings. The molecule has 0 radical (unpaired) electrons. The quantitative estimate of drug-likeness (QED) is 0.362. The molecule has 0 aliphatic heterocycles. The number of nitrogens with one attached hydrogen (secondary N) is 3. The van der Waals surface area contributed by atoms with Gasteiger partial charge >= 0.3 is 0 Å².